The lowest BCUT2D eigenvalue weighted by Crippen LogP contribution is -2.54. The zero-order valence-corrected chi connectivity index (χ0v) is 9.62. The number of piperidine rings is 1. The number of hydrogen-bond acceptors (Lipinski definition) is 3. The molecule has 0 aliphatic carbocycles. The highest BCUT2D eigenvalue weighted by molar-refractivity contribution is 5.81. The third-order valence-corrected chi connectivity index (χ3v) is 3.84. The fourth-order valence-corrected chi connectivity index (χ4v) is 2.94. The van der Waals surface area contributed by atoms with Gasteiger partial charge in [-0.2, -0.15) is 0 Å². The first-order valence-electron chi connectivity index (χ1n) is 5.92. The lowest BCUT2D eigenvalue weighted by molar-refractivity contribution is -0.127. The second-order valence-electron chi connectivity index (χ2n) is 4.66. The van der Waals surface area contributed by atoms with Gasteiger partial charge in [0.15, 0.2) is 0 Å². The summed E-state index contributed by atoms with van der Waals surface area (Å²) in [5.41, 5.74) is 0. The Labute approximate surface area is 91.4 Å². The minimum absolute atomic E-state index is 0.0164. The molecule has 0 bridgehead atoms. The maximum atomic E-state index is 11.6. The molecule has 0 aromatic rings. The molecule has 4 heteroatoms. The van der Waals surface area contributed by atoms with E-state index in [2.05, 4.69) is 15.5 Å². The van der Waals surface area contributed by atoms with Crippen molar-refractivity contribution in [2.24, 2.45) is 5.92 Å². The molecule has 0 spiro atoms. The number of rotatable bonds is 2. The lowest BCUT2D eigenvalue weighted by Gasteiger charge is -2.40. The molecule has 2 aliphatic rings. The molecule has 0 saturated carbocycles. The average molecular weight is 211 g/mol. The van der Waals surface area contributed by atoms with Crippen molar-refractivity contribution in [2.75, 3.05) is 26.7 Å². The first-order valence-corrected chi connectivity index (χ1v) is 5.92. The maximum absolute atomic E-state index is 11.6. The minimum atomic E-state index is 0.0164. The molecule has 2 heterocycles. The van der Waals surface area contributed by atoms with Gasteiger partial charge >= 0.3 is 0 Å². The van der Waals surface area contributed by atoms with Gasteiger partial charge in [0.25, 0.3) is 0 Å². The molecule has 0 radical (unpaired) electrons. The van der Waals surface area contributed by atoms with Gasteiger partial charge in [0.1, 0.15) is 0 Å². The largest absolute Gasteiger partial charge is 0.358 e. The molecule has 0 aromatic heterocycles. The highest BCUT2D eigenvalue weighted by Crippen LogP contribution is 2.27. The molecular formula is C11H21N3O. The molecule has 2 rings (SSSR count). The van der Waals surface area contributed by atoms with Gasteiger partial charge in [0, 0.05) is 19.6 Å². The summed E-state index contributed by atoms with van der Waals surface area (Å²) in [6.45, 7) is 5.25. The molecule has 2 N–H and O–H groups in total. The number of likely N-dealkylation sites (tertiary alicyclic amines) is 1. The molecule has 2 saturated heterocycles. The van der Waals surface area contributed by atoms with E-state index >= 15 is 0 Å². The molecule has 2 fully saturated rings. The Morgan fingerprint density at radius 2 is 2.33 bits per heavy atom. The normalized spacial score (nSPS) is 33.5. The number of hydrogen-bond donors (Lipinski definition) is 2. The van der Waals surface area contributed by atoms with E-state index in [9.17, 15) is 4.79 Å². The Kier molecular flexibility index (Phi) is 3.26. The number of amides is 1. The zero-order chi connectivity index (χ0) is 10.8. The predicted molar refractivity (Wildman–Crippen MR) is 59.6 cm³/mol. The smallest absolute Gasteiger partial charge is 0.236 e. The molecule has 3 unspecified atom stereocenters. The summed E-state index contributed by atoms with van der Waals surface area (Å²) in [6, 6.07) is 0.591. The van der Waals surface area contributed by atoms with Crippen LogP contribution >= 0.6 is 0 Å². The maximum Gasteiger partial charge on any atom is 0.236 e. The number of fused-ring (bicyclic) bond motifs is 1. The number of nitrogens with zero attached hydrogens (tertiary/aromatic N) is 1. The van der Waals surface area contributed by atoms with Crippen molar-refractivity contribution in [3.63, 3.8) is 0 Å². The van der Waals surface area contributed by atoms with E-state index in [1.807, 2.05) is 6.92 Å². The van der Waals surface area contributed by atoms with Crippen LogP contribution < -0.4 is 10.6 Å². The first-order chi connectivity index (χ1) is 7.24. The topological polar surface area (TPSA) is 44.4 Å². The SMILES string of the molecule is CNC(=O)C(C)N1CCCC2CNCC21. The summed E-state index contributed by atoms with van der Waals surface area (Å²) in [5.74, 6) is 0.897. The van der Waals surface area contributed by atoms with Crippen LogP contribution in [-0.4, -0.2) is 49.6 Å². The average Bonchev–Trinajstić information content (AvgIpc) is 2.74. The second-order valence-corrected chi connectivity index (χ2v) is 4.66. The van der Waals surface area contributed by atoms with Crippen LogP contribution in [0.2, 0.25) is 0 Å². The van der Waals surface area contributed by atoms with Crippen LogP contribution in [0.5, 0.6) is 0 Å². The molecule has 86 valence electrons. The van der Waals surface area contributed by atoms with Gasteiger partial charge in [-0.1, -0.05) is 0 Å². The van der Waals surface area contributed by atoms with Crippen molar-refractivity contribution in [1.29, 1.82) is 0 Å². The van der Waals surface area contributed by atoms with E-state index < -0.39 is 0 Å². The zero-order valence-electron chi connectivity index (χ0n) is 9.62. The minimum Gasteiger partial charge on any atom is -0.358 e. The number of likely N-dealkylation sites (N-methyl/N-ethyl adjacent to an activating group) is 1. The second kappa shape index (κ2) is 4.49. The molecule has 1 amide bonds. The highest BCUT2D eigenvalue weighted by Gasteiger charge is 2.38. The lowest BCUT2D eigenvalue weighted by atomic mass is 9.91. The Morgan fingerprint density at radius 1 is 1.53 bits per heavy atom. The van der Waals surface area contributed by atoms with E-state index in [0.717, 1.165) is 25.6 Å². The van der Waals surface area contributed by atoms with E-state index in [1.165, 1.54) is 12.8 Å². The van der Waals surface area contributed by atoms with Crippen molar-refractivity contribution >= 4 is 5.91 Å². The van der Waals surface area contributed by atoms with Crippen LogP contribution in [0.1, 0.15) is 19.8 Å². The summed E-state index contributed by atoms with van der Waals surface area (Å²) in [4.78, 5) is 14.0. The van der Waals surface area contributed by atoms with Gasteiger partial charge in [-0.3, -0.25) is 9.69 Å². The van der Waals surface area contributed by atoms with Gasteiger partial charge in [0.05, 0.1) is 6.04 Å². The van der Waals surface area contributed by atoms with Gasteiger partial charge in [-0.25, -0.2) is 0 Å². The van der Waals surface area contributed by atoms with Gasteiger partial charge in [-0.15, -0.1) is 0 Å². The molecular weight excluding hydrogens is 190 g/mol. The first kappa shape index (κ1) is 10.9. The van der Waals surface area contributed by atoms with E-state index in [0.29, 0.717) is 6.04 Å². The fourth-order valence-electron chi connectivity index (χ4n) is 2.94. The van der Waals surface area contributed by atoms with Crippen molar-refractivity contribution < 1.29 is 4.79 Å². The van der Waals surface area contributed by atoms with E-state index in [4.69, 9.17) is 0 Å². The van der Waals surface area contributed by atoms with Crippen molar-refractivity contribution in [3.05, 3.63) is 0 Å². The standard InChI is InChI=1S/C11H21N3O/c1-8(11(15)12-2)14-5-3-4-9-6-13-7-10(9)14/h8-10,13H,3-7H2,1-2H3,(H,12,15). The summed E-state index contributed by atoms with van der Waals surface area (Å²) in [7, 11) is 1.72. The summed E-state index contributed by atoms with van der Waals surface area (Å²) < 4.78 is 0. The van der Waals surface area contributed by atoms with Crippen LogP contribution in [0, 0.1) is 5.92 Å². The van der Waals surface area contributed by atoms with Crippen LogP contribution in [0.4, 0.5) is 0 Å². The summed E-state index contributed by atoms with van der Waals surface area (Å²) in [6.07, 6.45) is 2.54. The van der Waals surface area contributed by atoms with Crippen molar-refractivity contribution in [3.8, 4) is 0 Å². The Morgan fingerprint density at radius 3 is 3.07 bits per heavy atom. The van der Waals surface area contributed by atoms with Gasteiger partial charge < -0.3 is 10.6 Å². The fraction of sp³-hybridized carbons (Fsp3) is 0.909. The molecule has 2 aliphatic heterocycles. The van der Waals surface area contributed by atoms with Crippen molar-refractivity contribution in [2.45, 2.75) is 31.8 Å². The highest BCUT2D eigenvalue weighted by atomic mass is 16.2. The molecule has 4 nitrogen and oxygen atoms in total. The quantitative estimate of drug-likeness (QED) is 0.665. The summed E-state index contributed by atoms with van der Waals surface area (Å²) >= 11 is 0. The summed E-state index contributed by atoms with van der Waals surface area (Å²) in [5, 5.41) is 6.17. The van der Waals surface area contributed by atoms with E-state index in [-0.39, 0.29) is 11.9 Å². The third kappa shape index (κ3) is 2.01. The van der Waals surface area contributed by atoms with Gasteiger partial charge in [0.2, 0.25) is 5.91 Å². The Hall–Kier alpha value is -0.610. The Balaban J connectivity index is 2.03. The number of nitrogens with one attached hydrogen (secondary N) is 2. The van der Waals surface area contributed by atoms with Crippen LogP contribution in [0.15, 0.2) is 0 Å². The predicted octanol–water partition coefficient (Wildman–Crippen LogP) is -0.195. The molecule has 3 atom stereocenters. The number of carbonyl (C=O) groups is 1. The van der Waals surface area contributed by atoms with E-state index in [1.54, 1.807) is 7.05 Å². The molecule has 0 aromatic carbocycles. The van der Waals surface area contributed by atoms with Crippen molar-refractivity contribution in [1.82, 2.24) is 15.5 Å². The van der Waals surface area contributed by atoms with Gasteiger partial charge in [-0.05, 0) is 38.8 Å². The number of carbonyl (C=O) groups excluding carboxylic acids is 1. The Bertz CT molecular complexity index is 244. The van der Waals surface area contributed by atoms with Crippen LogP contribution in [-0.2, 0) is 4.79 Å². The van der Waals surface area contributed by atoms with Crippen LogP contribution in [0.25, 0.3) is 0 Å². The van der Waals surface area contributed by atoms with Crippen LogP contribution in [0.3, 0.4) is 0 Å². The molecule has 15 heavy (non-hydrogen) atoms. The monoisotopic (exact) mass is 211 g/mol. The third-order valence-electron chi connectivity index (χ3n) is 3.84.